The van der Waals surface area contributed by atoms with Crippen LogP contribution in [0, 0.1) is 5.95 Å². The van der Waals surface area contributed by atoms with Crippen molar-refractivity contribution >= 4 is 45.0 Å². The molecule has 0 spiro atoms. The Bertz CT molecular complexity index is 664. The number of hydrogen-bond acceptors (Lipinski definition) is 5. The zero-order valence-electron chi connectivity index (χ0n) is 11.9. The van der Waals surface area contributed by atoms with E-state index in [1.807, 2.05) is 0 Å². The molecule has 1 unspecified atom stereocenters. The van der Waals surface area contributed by atoms with Gasteiger partial charge >= 0.3 is 0 Å². The Balaban J connectivity index is 2.18. The van der Waals surface area contributed by atoms with Crippen molar-refractivity contribution in [3.8, 4) is 10.6 Å². The minimum atomic E-state index is -1.03. The van der Waals surface area contributed by atoms with Crippen LogP contribution in [0.2, 0.25) is 5.15 Å². The van der Waals surface area contributed by atoms with E-state index in [1.54, 1.807) is 19.4 Å². The number of halogens is 2. The summed E-state index contributed by atoms with van der Waals surface area (Å²) in [4.78, 5) is 21.2. The average molecular weight is 362 g/mol. The fourth-order valence-corrected chi connectivity index (χ4v) is 3.40. The lowest BCUT2D eigenvalue weighted by molar-refractivity contribution is -0.117. The molecule has 22 heavy (non-hydrogen) atoms. The van der Waals surface area contributed by atoms with E-state index in [0.717, 1.165) is 0 Å². The van der Waals surface area contributed by atoms with Crippen molar-refractivity contribution in [2.75, 3.05) is 24.0 Å². The molecule has 2 rings (SSSR count). The summed E-state index contributed by atoms with van der Waals surface area (Å²) < 4.78 is 23.9. The molecule has 0 bridgehead atoms. The molecule has 0 radical (unpaired) electrons. The van der Waals surface area contributed by atoms with E-state index in [2.05, 4.69) is 9.97 Å². The summed E-state index contributed by atoms with van der Waals surface area (Å²) in [5.41, 5.74) is 0.620. The topological polar surface area (TPSA) is 69.2 Å². The van der Waals surface area contributed by atoms with E-state index >= 15 is 0 Å². The molecule has 0 fully saturated rings. The Morgan fingerprint density at radius 3 is 2.86 bits per heavy atom. The third-order valence-electron chi connectivity index (χ3n) is 2.83. The quantitative estimate of drug-likeness (QED) is 0.606. The summed E-state index contributed by atoms with van der Waals surface area (Å²) >= 11 is 6.26. The van der Waals surface area contributed by atoms with Gasteiger partial charge in [0.15, 0.2) is 5.15 Å². The van der Waals surface area contributed by atoms with E-state index in [9.17, 15) is 13.7 Å². The first-order chi connectivity index (χ1) is 10.4. The molecule has 2 heterocycles. The van der Waals surface area contributed by atoms with Gasteiger partial charge < -0.3 is 9.45 Å². The van der Waals surface area contributed by atoms with Crippen molar-refractivity contribution in [1.82, 2.24) is 9.97 Å². The zero-order valence-corrected chi connectivity index (χ0v) is 14.3. The number of carbonyl (C=O) groups excluding carboxylic acids is 1. The lowest BCUT2D eigenvalue weighted by Gasteiger charge is -2.15. The van der Waals surface area contributed by atoms with Crippen LogP contribution in [-0.2, 0) is 16.0 Å². The Morgan fingerprint density at radius 1 is 1.55 bits per heavy atom. The van der Waals surface area contributed by atoms with E-state index < -0.39 is 17.1 Å². The normalized spacial score (nSPS) is 12.2. The van der Waals surface area contributed by atoms with Crippen LogP contribution in [0.1, 0.15) is 6.42 Å². The van der Waals surface area contributed by atoms with Crippen molar-refractivity contribution in [2.45, 2.75) is 6.42 Å². The lowest BCUT2D eigenvalue weighted by atomic mass is 10.3. The number of rotatable bonds is 5. The Kier molecular flexibility index (Phi) is 5.74. The molecule has 0 aromatic carbocycles. The third-order valence-corrected chi connectivity index (χ3v) is 5.16. The first kappa shape index (κ1) is 17.1. The van der Waals surface area contributed by atoms with Gasteiger partial charge in [0.25, 0.3) is 0 Å². The predicted octanol–water partition coefficient (Wildman–Crippen LogP) is 2.73. The minimum absolute atomic E-state index is 0.168. The number of hydrogen-bond donors (Lipinski definition) is 0. The largest absolute Gasteiger partial charge is 0.617 e. The minimum Gasteiger partial charge on any atom is -0.617 e. The van der Waals surface area contributed by atoms with Crippen molar-refractivity contribution in [2.24, 2.45) is 0 Å². The number of amides is 1. The second-order valence-electron chi connectivity index (χ2n) is 4.46. The van der Waals surface area contributed by atoms with Gasteiger partial charge in [-0.1, -0.05) is 34.1 Å². The lowest BCUT2D eigenvalue weighted by Crippen LogP contribution is -2.27. The summed E-state index contributed by atoms with van der Waals surface area (Å²) in [6.45, 7) is 0. The molecule has 2 aromatic heterocycles. The van der Waals surface area contributed by atoms with Crippen LogP contribution in [0.5, 0.6) is 0 Å². The highest BCUT2D eigenvalue weighted by Gasteiger charge is 2.20. The fourth-order valence-electron chi connectivity index (χ4n) is 1.64. The summed E-state index contributed by atoms with van der Waals surface area (Å²) in [6.07, 6.45) is 3.07. The molecule has 1 amide bonds. The molecule has 0 aliphatic rings. The molecule has 5 nitrogen and oxygen atoms in total. The maximum atomic E-state index is 12.8. The maximum Gasteiger partial charge on any atom is 0.232 e. The van der Waals surface area contributed by atoms with Gasteiger partial charge in [0.1, 0.15) is 15.8 Å². The highest BCUT2D eigenvalue weighted by Crippen LogP contribution is 2.37. The number of anilines is 1. The summed E-state index contributed by atoms with van der Waals surface area (Å²) in [5.74, 6) is -0.468. The summed E-state index contributed by atoms with van der Waals surface area (Å²) in [5, 5.41) is 1.23. The average Bonchev–Trinajstić information content (AvgIpc) is 2.86. The van der Waals surface area contributed by atoms with Crippen molar-refractivity contribution in [3.63, 3.8) is 0 Å². The molecule has 9 heteroatoms. The monoisotopic (exact) mass is 361 g/mol. The van der Waals surface area contributed by atoms with Crippen LogP contribution >= 0.6 is 22.9 Å². The van der Waals surface area contributed by atoms with Gasteiger partial charge in [0.05, 0.1) is 12.7 Å². The third kappa shape index (κ3) is 4.16. The molecule has 0 aliphatic heterocycles. The first-order valence-electron chi connectivity index (χ1n) is 6.23. The van der Waals surface area contributed by atoms with Crippen molar-refractivity contribution in [3.05, 3.63) is 29.4 Å². The standard InChI is InChI=1S/C13H13ClFN3O2S2/c1-18(10(19)5-6-22(2)20)13-11(14)17-12(21-13)8-3-4-9(15)16-7-8/h3-4,7H,5-6H2,1-2H3. The van der Waals surface area contributed by atoms with Gasteiger partial charge in [-0.2, -0.15) is 4.39 Å². The molecule has 0 saturated heterocycles. The van der Waals surface area contributed by atoms with Gasteiger partial charge in [-0.05, 0) is 12.1 Å². The molecule has 0 saturated carbocycles. The van der Waals surface area contributed by atoms with Gasteiger partial charge in [-0.25, -0.2) is 9.97 Å². The van der Waals surface area contributed by atoms with Gasteiger partial charge in [-0.15, -0.1) is 0 Å². The van der Waals surface area contributed by atoms with Gasteiger partial charge in [0.2, 0.25) is 11.9 Å². The Hall–Kier alpha value is -1.22. The van der Waals surface area contributed by atoms with Crippen molar-refractivity contribution < 1.29 is 13.7 Å². The fraction of sp³-hybridized carbons (Fsp3) is 0.308. The summed E-state index contributed by atoms with van der Waals surface area (Å²) in [7, 11) is 1.59. The van der Waals surface area contributed by atoms with Gasteiger partial charge in [-0.3, -0.25) is 4.79 Å². The molecular weight excluding hydrogens is 349 g/mol. The highest BCUT2D eigenvalue weighted by molar-refractivity contribution is 7.90. The second-order valence-corrected chi connectivity index (χ2v) is 7.35. The molecule has 2 aromatic rings. The first-order valence-corrected chi connectivity index (χ1v) is 9.15. The number of thiazole rings is 1. The Morgan fingerprint density at radius 2 is 2.27 bits per heavy atom. The summed E-state index contributed by atoms with van der Waals surface area (Å²) in [6, 6.07) is 2.78. The molecule has 0 aliphatic carbocycles. The van der Waals surface area contributed by atoms with Crippen LogP contribution in [0.15, 0.2) is 18.3 Å². The smallest absolute Gasteiger partial charge is 0.232 e. The number of carbonyl (C=O) groups is 1. The van der Waals surface area contributed by atoms with E-state index in [-0.39, 0.29) is 17.5 Å². The number of pyridine rings is 1. The zero-order chi connectivity index (χ0) is 16.3. The van der Waals surface area contributed by atoms with Crippen molar-refractivity contribution in [1.29, 1.82) is 0 Å². The van der Waals surface area contributed by atoms with Crippen LogP contribution < -0.4 is 4.90 Å². The van der Waals surface area contributed by atoms with E-state index in [1.165, 1.54) is 28.5 Å². The predicted molar refractivity (Wildman–Crippen MR) is 87.3 cm³/mol. The van der Waals surface area contributed by atoms with E-state index in [4.69, 9.17) is 11.6 Å². The van der Waals surface area contributed by atoms with E-state index in [0.29, 0.717) is 21.3 Å². The van der Waals surface area contributed by atoms with Crippen LogP contribution in [-0.4, -0.2) is 39.5 Å². The molecule has 118 valence electrons. The SMILES string of the molecule is CN(C(=O)CC[S+](C)[O-])c1sc(-c2ccc(F)nc2)nc1Cl. The number of aromatic nitrogens is 2. The van der Waals surface area contributed by atoms with Crippen LogP contribution in [0.3, 0.4) is 0 Å². The molecule has 0 N–H and O–H groups in total. The van der Waals surface area contributed by atoms with Crippen LogP contribution in [0.25, 0.3) is 10.6 Å². The molecule has 1 atom stereocenters. The second kappa shape index (κ2) is 7.36. The van der Waals surface area contributed by atoms with Gasteiger partial charge in [0, 0.05) is 18.8 Å². The molecular formula is C13H13ClFN3O2S2. The van der Waals surface area contributed by atoms with Crippen LogP contribution in [0.4, 0.5) is 9.39 Å². The maximum absolute atomic E-state index is 12.8. The number of nitrogens with zero attached hydrogens (tertiary/aromatic N) is 3. The Labute approximate surface area is 139 Å². The highest BCUT2D eigenvalue weighted by atomic mass is 35.5.